The van der Waals surface area contributed by atoms with Crippen LogP contribution >= 0.6 is 0 Å². The third-order valence-corrected chi connectivity index (χ3v) is 3.89. The molecule has 102 valence electrons. The Morgan fingerprint density at radius 1 is 1.32 bits per heavy atom. The van der Waals surface area contributed by atoms with Crippen molar-refractivity contribution < 1.29 is 9.84 Å². The summed E-state index contributed by atoms with van der Waals surface area (Å²) in [5.41, 5.74) is 4.35. The zero-order chi connectivity index (χ0) is 13.4. The van der Waals surface area contributed by atoms with Gasteiger partial charge in [0, 0.05) is 0 Å². The first-order valence-corrected chi connectivity index (χ1v) is 6.77. The van der Waals surface area contributed by atoms with Crippen LogP contribution in [0.15, 0.2) is 12.1 Å². The molecule has 0 amide bonds. The number of aliphatic hydroxyl groups is 1. The number of nitrogens with zero attached hydrogens (tertiary/aromatic N) is 3. The van der Waals surface area contributed by atoms with Crippen LogP contribution in [0.3, 0.4) is 0 Å². The standard InChI is InChI=1S/C14H19N3O2/c1-9-6-12-13(7-10(9)2)17(16-15-12)14-5-3-4-11(8-18)19-14/h6-7,11,14,18H,3-5,8H2,1-2H3/t11-,14+/m1/s1. The predicted molar refractivity (Wildman–Crippen MR) is 71.8 cm³/mol. The molecule has 0 spiro atoms. The summed E-state index contributed by atoms with van der Waals surface area (Å²) in [4.78, 5) is 0. The highest BCUT2D eigenvalue weighted by atomic mass is 16.5. The highest BCUT2D eigenvalue weighted by Gasteiger charge is 2.25. The van der Waals surface area contributed by atoms with Crippen molar-refractivity contribution in [2.75, 3.05) is 6.61 Å². The first kappa shape index (κ1) is 12.6. The van der Waals surface area contributed by atoms with Gasteiger partial charge in [-0.25, -0.2) is 4.68 Å². The van der Waals surface area contributed by atoms with E-state index in [1.54, 1.807) is 0 Å². The molecule has 19 heavy (non-hydrogen) atoms. The molecular weight excluding hydrogens is 242 g/mol. The van der Waals surface area contributed by atoms with Crippen LogP contribution in [0.5, 0.6) is 0 Å². The van der Waals surface area contributed by atoms with Crippen LogP contribution in [0.2, 0.25) is 0 Å². The Labute approximate surface area is 112 Å². The van der Waals surface area contributed by atoms with Crippen LogP contribution in [-0.2, 0) is 4.74 Å². The lowest BCUT2D eigenvalue weighted by Gasteiger charge is -2.29. The molecule has 2 atom stereocenters. The minimum atomic E-state index is -0.113. The van der Waals surface area contributed by atoms with Crippen molar-refractivity contribution in [2.24, 2.45) is 0 Å². The first-order chi connectivity index (χ1) is 9.19. The van der Waals surface area contributed by atoms with Gasteiger partial charge in [0.2, 0.25) is 0 Å². The summed E-state index contributed by atoms with van der Waals surface area (Å²) in [5, 5.41) is 17.7. The summed E-state index contributed by atoms with van der Waals surface area (Å²) in [6, 6.07) is 4.16. The highest BCUT2D eigenvalue weighted by Crippen LogP contribution is 2.29. The summed E-state index contributed by atoms with van der Waals surface area (Å²) in [5.74, 6) is 0. The molecule has 0 bridgehead atoms. The molecule has 1 aromatic carbocycles. The Bertz CT molecular complexity index is 594. The second-order valence-electron chi connectivity index (χ2n) is 5.29. The van der Waals surface area contributed by atoms with E-state index >= 15 is 0 Å². The van der Waals surface area contributed by atoms with Gasteiger partial charge < -0.3 is 9.84 Å². The summed E-state index contributed by atoms with van der Waals surface area (Å²) in [6.45, 7) is 4.23. The first-order valence-electron chi connectivity index (χ1n) is 6.77. The van der Waals surface area contributed by atoms with Gasteiger partial charge in [0.05, 0.1) is 18.2 Å². The van der Waals surface area contributed by atoms with Gasteiger partial charge in [-0.2, -0.15) is 0 Å². The molecule has 0 aliphatic carbocycles. The molecule has 5 heteroatoms. The fraction of sp³-hybridized carbons (Fsp3) is 0.571. The molecule has 2 aromatic rings. The minimum Gasteiger partial charge on any atom is -0.394 e. The highest BCUT2D eigenvalue weighted by molar-refractivity contribution is 5.76. The number of hydrogen-bond donors (Lipinski definition) is 1. The lowest BCUT2D eigenvalue weighted by Crippen LogP contribution is -2.29. The molecule has 0 saturated carbocycles. The van der Waals surface area contributed by atoms with Crippen LogP contribution in [0.4, 0.5) is 0 Å². The van der Waals surface area contributed by atoms with Crippen LogP contribution < -0.4 is 0 Å². The van der Waals surface area contributed by atoms with Crippen LogP contribution in [-0.4, -0.2) is 32.8 Å². The summed E-state index contributed by atoms with van der Waals surface area (Å²) < 4.78 is 7.72. The number of aryl methyl sites for hydroxylation is 2. The van der Waals surface area contributed by atoms with Gasteiger partial charge in [0.25, 0.3) is 0 Å². The Morgan fingerprint density at radius 2 is 2.11 bits per heavy atom. The molecule has 0 radical (unpaired) electrons. The number of aromatic nitrogens is 3. The van der Waals surface area contributed by atoms with Crippen molar-refractivity contribution in [3.8, 4) is 0 Å². The van der Waals surface area contributed by atoms with Gasteiger partial charge >= 0.3 is 0 Å². The molecule has 1 fully saturated rings. The molecule has 1 N–H and O–H groups in total. The molecule has 3 rings (SSSR count). The fourth-order valence-corrected chi connectivity index (χ4v) is 2.60. The van der Waals surface area contributed by atoms with Crippen molar-refractivity contribution in [2.45, 2.75) is 45.4 Å². The molecule has 1 aromatic heterocycles. The Kier molecular flexibility index (Phi) is 3.24. The summed E-state index contributed by atoms with van der Waals surface area (Å²) in [7, 11) is 0. The zero-order valence-corrected chi connectivity index (χ0v) is 11.3. The summed E-state index contributed by atoms with van der Waals surface area (Å²) >= 11 is 0. The van der Waals surface area contributed by atoms with Crippen LogP contribution in [0.1, 0.15) is 36.6 Å². The lowest BCUT2D eigenvalue weighted by molar-refractivity contribution is -0.110. The van der Waals surface area contributed by atoms with E-state index in [-0.39, 0.29) is 18.9 Å². The van der Waals surface area contributed by atoms with Gasteiger partial charge in [-0.15, -0.1) is 5.10 Å². The van der Waals surface area contributed by atoms with E-state index in [0.717, 1.165) is 30.3 Å². The molecule has 1 aliphatic heterocycles. The maximum absolute atomic E-state index is 9.23. The largest absolute Gasteiger partial charge is 0.394 e. The van der Waals surface area contributed by atoms with Gasteiger partial charge in [0.15, 0.2) is 6.23 Å². The van der Waals surface area contributed by atoms with E-state index < -0.39 is 0 Å². The van der Waals surface area contributed by atoms with E-state index in [1.165, 1.54) is 11.1 Å². The van der Waals surface area contributed by atoms with Crippen molar-refractivity contribution in [1.29, 1.82) is 0 Å². The van der Waals surface area contributed by atoms with Crippen molar-refractivity contribution in [3.63, 3.8) is 0 Å². The number of benzene rings is 1. The fourth-order valence-electron chi connectivity index (χ4n) is 2.60. The molecule has 1 aliphatic rings. The van der Waals surface area contributed by atoms with Crippen molar-refractivity contribution >= 4 is 11.0 Å². The number of rotatable bonds is 2. The van der Waals surface area contributed by atoms with Crippen molar-refractivity contribution in [3.05, 3.63) is 23.3 Å². The number of hydrogen-bond acceptors (Lipinski definition) is 4. The van der Waals surface area contributed by atoms with E-state index in [1.807, 2.05) is 4.68 Å². The van der Waals surface area contributed by atoms with Gasteiger partial charge in [0.1, 0.15) is 5.52 Å². The van der Waals surface area contributed by atoms with Crippen LogP contribution in [0.25, 0.3) is 11.0 Å². The van der Waals surface area contributed by atoms with Crippen molar-refractivity contribution in [1.82, 2.24) is 15.0 Å². The Morgan fingerprint density at radius 3 is 2.89 bits per heavy atom. The monoisotopic (exact) mass is 261 g/mol. The summed E-state index contributed by atoms with van der Waals surface area (Å²) in [6.07, 6.45) is 2.68. The predicted octanol–water partition coefficient (Wildman–Crippen LogP) is 2.11. The van der Waals surface area contributed by atoms with Crippen LogP contribution in [0, 0.1) is 13.8 Å². The van der Waals surface area contributed by atoms with E-state index in [9.17, 15) is 5.11 Å². The maximum atomic E-state index is 9.23. The third kappa shape index (κ3) is 2.24. The number of aliphatic hydroxyl groups excluding tert-OH is 1. The van der Waals surface area contributed by atoms with Gasteiger partial charge in [-0.05, 0) is 56.4 Å². The lowest BCUT2D eigenvalue weighted by atomic mass is 10.1. The van der Waals surface area contributed by atoms with E-state index in [2.05, 4.69) is 36.3 Å². The average Bonchev–Trinajstić information content (AvgIpc) is 2.82. The Hall–Kier alpha value is -1.46. The smallest absolute Gasteiger partial charge is 0.153 e. The van der Waals surface area contributed by atoms with E-state index in [0.29, 0.717) is 0 Å². The minimum absolute atomic E-state index is 0.0707. The van der Waals surface area contributed by atoms with Gasteiger partial charge in [-0.3, -0.25) is 0 Å². The van der Waals surface area contributed by atoms with Gasteiger partial charge in [-0.1, -0.05) is 5.21 Å². The van der Waals surface area contributed by atoms with E-state index in [4.69, 9.17) is 4.74 Å². The Balaban J connectivity index is 1.98. The molecule has 5 nitrogen and oxygen atoms in total. The molecule has 1 saturated heterocycles. The third-order valence-electron chi connectivity index (χ3n) is 3.89. The quantitative estimate of drug-likeness (QED) is 0.899. The second kappa shape index (κ2) is 4.90. The SMILES string of the molecule is Cc1cc2nnn([C@@H]3CCC[C@H](CO)O3)c2cc1C. The normalized spacial score (nSPS) is 23.9. The molecule has 0 unspecified atom stereocenters. The molecular formula is C14H19N3O2. The topological polar surface area (TPSA) is 60.2 Å². The zero-order valence-electron chi connectivity index (χ0n) is 11.3. The average molecular weight is 261 g/mol. The number of ether oxygens (including phenoxy) is 1. The number of fused-ring (bicyclic) bond motifs is 1. The molecule has 2 heterocycles. The second-order valence-corrected chi connectivity index (χ2v) is 5.29. The maximum Gasteiger partial charge on any atom is 0.153 e.